The first-order valence-corrected chi connectivity index (χ1v) is 7.34. The first-order valence-electron chi connectivity index (χ1n) is 6.14. The van der Waals surface area contributed by atoms with E-state index in [1.54, 1.807) is 24.3 Å². The van der Waals surface area contributed by atoms with E-state index in [1.165, 1.54) is 18.3 Å². The summed E-state index contributed by atoms with van der Waals surface area (Å²) in [6, 6.07) is 10.6. The number of Topliss-reactive ketones (excluding diaryl/α,β-unsaturated/α-hetero) is 1. The Hall–Kier alpha value is -1.65. The van der Waals surface area contributed by atoms with E-state index < -0.39 is 0 Å². The molecule has 0 bridgehead atoms. The Kier molecular flexibility index (Phi) is 4.57. The zero-order valence-corrected chi connectivity index (χ0v) is 12.7. The first kappa shape index (κ1) is 14.8. The Morgan fingerprint density at radius 2 is 1.70 bits per heavy atom. The van der Waals surface area contributed by atoms with Crippen LogP contribution in [0.4, 0.5) is 0 Å². The van der Waals surface area contributed by atoms with Crippen molar-refractivity contribution in [2.75, 3.05) is 0 Å². The molecular weight excluding hydrogens is 294 g/mol. The minimum Gasteiger partial charge on any atom is -0.345 e. The molecule has 1 atom stereocenters. The van der Waals surface area contributed by atoms with Crippen molar-refractivity contribution in [1.82, 2.24) is 5.32 Å². The maximum atomic E-state index is 12.1. The van der Waals surface area contributed by atoms with Gasteiger partial charge in [0.15, 0.2) is 5.78 Å². The average molecular weight is 308 g/mol. The molecular formula is C15H14ClNO2S. The lowest BCUT2D eigenvalue weighted by Crippen LogP contribution is -2.25. The van der Waals surface area contributed by atoms with Gasteiger partial charge in [0.25, 0.3) is 5.91 Å². The number of nitrogens with one attached hydrogen (secondary N) is 1. The Bertz CT molecular complexity index is 634. The van der Waals surface area contributed by atoms with Crippen LogP contribution in [0.1, 0.15) is 44.8 Å². The highest BCUT2D eigenvalue weighted by Crippen LogP contribution is 2.20. The lowest BCUT2D eigenvalue weighted by atomic mass is 10.1. The molecule has 0 aliphatic heterocycles. The number of carbonyl (C=O) groups is 2. The van der Waals surface area contributed by atoms with E-state index in [4.69, 9.17) is 11.6 Å². The highest BCUT2D eigenvalue weighted by Gasteiger charge is 2.14. The van der Waals surface area contributed by atoms with Gasteiger partial charge in [0.1, 0.15) is 0 Å². The SMILES string of the molecule is CC(=O)c1ccc(C(=O)N[C@@H](C)c2ccc(Cl)cc2)s1. The van der Waals surface area contributed by atoms with Crippen LogP contribution in [0.15, 0.2) is 36.4 Å². The van der Waals surface area contributed by atoms with Gasteiger partial charge in [0, 0.05) is 5.02 Å². The molecule has 104 valence electrons. The van der Waals surface area contributed by atoms with Crippen LogP contribution in [0.5, 0.6) is 0 Å². The van der Waals surface area contributed by atoms with Gasteiger partial charge in [-0.3, -0.25) is 9.59 Å². The van der Waals surface area contributed by atoms with Crippen LogP contribution in [0.3, 0.4) is 0 Å². The number of amides is 1. The highest BCUT2D eigenvalue weighted by atomic mass is 35.5. The van der Waals surface area contributed by atoms with Gasteiger partial charge >= 0.3 is 0 Å². The summed E-state index contributed by atoms with van der Waals surface area (Å²) in [5.41, 5.74) is 0.978. The fourth-order valence-electron chi connectivity index (χ4n) is 1.75. The van der Waals surface area contributed by atoms with Gasteiger partial charge in [-0.2, -0.15) is 0 Å². The maximum Gasteiger partial charge on any atom is 0.261 e. The molecule has 0 aliphatic carbocycles. The quantitative estimate of drug-likeness (QED) is 0.865. The molecule has 1 amide bonds. The van der Waals surface area contributed by atoms with Crippen LogP contribution in [-0.2, 0) is 0 Å². The maximum absolute atomic E-state index is 12.1. The normalized spacial score (nSPS) is 11.9. The summed E-state index contributed by atoms with van der Waals surface area (Å²) in [4.78, 5) is 24.4. The van der Waals surface area contributed by atoms with Gasteiger partial charge in [-0.25, -0.2) is 0 Å². The Morgan fingerprint density at radius 1 is 1.10 bits per heavy atom. The predicted octanol–water partition coefficient (Wildman–Crippen LogP) is 4.10. The molecule has 1 heterocycles. The van der Waals surface area contributed by atoms with Crippen molar-refractivity contribution in [3.8, 4) is 0 Å². The fourth-order valence-corrected chi connectivity index (χ4v) is 2.68. The summed E-state index contributed by atoms with van der Waals surface area (Å²) in [5, 5.41) is 3.56. The second-order valence-electron chi connectivity index (χ2n) is 4.47. The number of hydrogen-bond donors (Lipinski definition) is 1. The summed E-state index contributed by atoms with van der Waals surface area (Å²) in [7, 11) is 0. The zero-order valence-electron chi connectivity index (χ0n) is 11.1. The molecule has 20 heavy (non-hydrogen) atoms. The Morgan fingerprint density at radius 3 is 2.25 bits per heavy atom. The van der Waals surface area contributed by atoms with Gasteiger partial charge < -0.3 is 5.32 Å². The van der Waals surface area contributed by atoms with Crippen LogP contribution in [0.25, 0.3) is 0 Å². The lowest BCUT2D eigenvalue weighted by molar-refractivity contribution is 0.0943. The Balaban J connectivity index is 2.06. The second kappa shape index (κ2) is 6.20. The molecule has 1 aromatic carbocycles. The van der Waals surface area contributed by atoms with Gasteiger partial charge in [-0.05, 0) is 43.7 Å². The van der Waals surface area contributed by atoms with E-state index in [-0.39, 0.29) is 17.7 Å². The third-order valence-electron chi connectivity index (χ3n) is 2.89. The minimum absolute atomic E-state index is 0.0280. The van der Waals surface area contributed by atoms with E-state index in [0.29, 0.717) is 14.8 Å². The number of benzene rings is 1. The number of halogens is 1. The molecule has 1 N–H and O–H groups in total. The van der Waals surface area contributed by atoms with Gasteiger partial charge in [-0.15, -0.1) is 11.3 Å². The third-order valence-corrected chi connectivity index (χ3v) is 4.33. The van der Waals surface area contributed by atoms with E-state index in [1.807, 2.05) is 19.1 Å². The monoisotopic (exact) mass is 307 g/mol. The number of thiophene rings is 1. The van der Waals surface area contributed by atoms with E-state index >= 15 is 0 Å². The van der Waals surface area contributed by atoms with Gasteiger partial charge in [-0.1, -0.05) is 23.7 Å². The van der Waals surface area contributed by atoms with Crippen LogP contribution < -0.4 is 5.32 Å². The van der Waals surface area contributed by atoms with E-state index in [2.05, 4.69) is 5.32 Å². The first-order chi connectivity index (χ1) is 9.47. The van der Waals surface area contributed by atoms with Crippen molar-refractivity contribution in [2.24, 2.45) is 0 Å². The Labute approximate surface area is 126 Å². The third kappa shape index (κ3) is 3.46. The summed E-state index contributed by atoms with van der Waals surface area (Å²) in [6.45, 7) is 3.39. The molecule has 0 fully saturated rings. The highest BCUT2D eigenvalue weighted by molar-refractivity contribution is 7.15. The van der Waals surface area contributed by atoms with Crippen LogP contribution in [0, 0.1) is 0 Å². The summed E-state index contributed by atoms with van der Waals surface area (Å²) >= 11 is 7.04. The van der Waals surface area contributed by atoms with Crippen LogP contribution in [-0.4, -0.2) is 11.7 Å². The van der Waals surface area contributed by atoms with Crippen molar-refractivity contribution in [3.05, 3.63) is 56.7 Å². The molecule has 2 aromatic rings. The zero-order chi connectivity index (χ0) is 14.7. The van der Waals surface area contributed by atoms with E-state index in [0.717, 1.165) is 5.56 Å². The van der Waals surface area contributed by atoms with Crippen molar-refractivity contribution in [3.63, 3.8) is 0 Å². The molecule has 2 rings (SSSR count). The van der Waals surface area contributed by atoms with Crippen LogP contribution in [0.2, 0.25) is 5.02 Å². The molecule has 0 saturated carbocycles. The minimum atomic E-state index is -0.176. The summed E-state index contributed by atoms with van der Waals surface area (Å²) in [5.74, 6) is -0.204. The number of carbonyl (C=O) groups excluding carboxylic acids is 2. The predicted molar refractivity (Wildman–Crippen MR) is 81.7 cm³/mol. The molecule has 5 heteroatoms. The number of rotatable bonds is 4. The molecule has 0 radical (unpaired) electrons. The van der Waals surface area contributed by atoms with Gasteiger partial charge in [0.2, 0.25) is 0 Å². The van der Waals surface area contributed by atoms with E-state index in [9.17, 15) is 9.59 Å². The molecule has 1 aromatic heterocycles. The molecule has 0 unspecified atom stereocenters. The largest absolute Gasteiger partial charge is 0.345 e. The van der Waals surface area contributed by atoms with Crippen molar-refractivity contribution in [2.45, 2.75) is 19.9 Å². The second-order valence-corrected chi connectivity index (χ2v) is 5.99. The number of ketones is 1. The summed E-state index contributed by atoms with van der Waals surface area (Å²) in [6.07, 6.45) is 0. The van der Waals surface area contributed by atoms with Crippen molar-refractivity contribution in [1.29, 1.82) is 0 Å². The van der Waals surface area contributed by atoms with Crippen LogP contribution >= 0.6 is 22.9 Å². The van der Waals surface area contributed by atoms with Crippen molar-refractivity contribution < 1.29 is 9.59 Å². The fraction of sp³-hybridized carbons (Fsp3) is 0.200. The molecule has 0 saturated heterocycles. The van der Waals surface area contributed by atoms with Gasteiger partial charge in [0.05, 0.1) is 15.8 Å². The topological polar surface area (TPSA) is 46.2 Å². The molecule has 0 spiro atoms. The average Bonchev–Trinajstić information content (AvgIpc) is 2.89. The van der Waals surface area contributed by atoms with Crippen molar-refractivity contribution >= 4 is 34.6 Å². The standard InChI is InChI=1S/C15H14ClNO2S/c1-9(11-3-5-12(16)6-4-11)17-15(19)14-8-7-13(20-14)10(2)18/h3-9H,1-2H3,(H,17,19)/t9-/m0/s1. The summed E-state index contributed by atoms with van der Waals surface area (Å²) < 4.78 is 0. The molecule has 0 aliphatic rings. The number of hydrogen-bond acceptors (Lipinski definition) is 3. The molecule has 3 nitrogen and oxygen atoms in total. The smallest absolute Gasteiger partial charge is 0.261 e. The lowest BCUT2D eigenvalue weighted by Gasteiger charge is -2.13.